The third kappa shape index (κ3) is 2.98. The summed E-state index contributed by atoms with van der Waals surface area (Å²) in [6.45, 7) is 4.31. The van der Waals surface area contributed by atoms with Gasteiger partial charge in [0.05, 0.1) is 16.1 Å². The Morgan fingerprint density at radius 2 is 1.94 bits per heavy atom. The number of hydrogen-bond acceptors (Lipinski definition) is 3. The van der Waals surface area contributed by atoms with Crippen LogP contribution in [0.1, 0.15) is 31.9 Å². The van der Waals surface area contributed by atoms with Crippen LogP contribution in [0.2, 0.25) is 10.0 Å². The monoisotopic (exact) mass is 289 g/mol. The number of nitrogens with one attached hydrogen (secondary N) is 1. The maximum Gasteiger partial charge on any atom is 0.0641 e. The van der Waals surface area contributed by atoms with Crippen LogP contribution in [0, 0.1) is 0 Å². The highest BCUT2D eigenvalue weighted by Crippen LogP contribution is 2.34. The van der Waals surface area contributed by atoms with Crippen LogP contribution in [0.3, 0.4) is 0 Å². The van der Waals surface area contributed by atoms with Gasteiger partial charge in [0, 0.05) is 5.54 Å². The molecule has 0 aliphatic carbocycles. The van der Waals surface area contributed by atoms with Crippen molar-refractivity contribution >= 4 is 23.2 Å². The number of nitrogens with zero attached hydrogens (tertiary/aromatic N) is 1. The van der Waals surface area contributed by atoms with Crippen LogP contribution in [0.25, 0.3) is 0 Å². The number of rotatable bonds is 5. The summed E-state index contributed by atoms with van der Waals surface area (Å²) in [7, 11) is 4.09. The molecule has 102 valence electrons. The number of nitrogens with two attached hydrogens (primary N) is 1. The van der Waals surface area contributed by atoms with Crippen LogP contribution in [-0.4, -0.2) is 24.5 Å². The van der Waals surface area contributed by atoms with Crippen molar-refractivity contribution in [1.29, 1.82) is 0 Å². The SMILES string of the molecule is CCC(C)(C(NN)c1ccc(Cl)c(Cl)c1)N(C)C. The van der Waals surface area contributed by atoms with Crippen LogP contribution in [0.15, 0.2) is 18.2 Å². The van der Waals surface area contributed by atoms with Crippen LogP contribution in [0.4, 0.5) is 0 Å². The van der Waals surface area contributed by atoms with Crippen molar-refractivity contribution in [2.24, 2.45) is 5.84 Å². The summed E-state index contributed by atoms with van der Waals surface area (Å²) in [5.74, 6) is 5.74. The van der Waals surface area contributed by atoms with Crippen molar-refractivity contribution in [2.45, 2.75) is 31.8 Å². The van der Waals surface area contributed by atoms with Crippen molar-refractivity contribution < 1.29 is 0 Å². The summed E-state index contributed by atoms with van der Waals surface area (Å²) < 4.78 is 0. The maximum atomic E-state index is 6.07. The predicted molar refractivity (Wildman–Crippen MR) is 78.9 cm³/mol. The zero-order chi connectivity index (χ0) is 13.9. The lowest BCUT2D eigenvalue weighted by Crippen LogP contribution is -2.52. The molecule has 0 radical (unpaired) electrons. The molecule has 0 aliphatic heterocycles. The maximum absolute atomic E-state index is 6.07. The Labute approximate surface area is 119 Å². The van der Waals surface area contributed by atoms with Crippen molar-refractivity contribution in [3.63, 3.8) is 0 Å². The number of hydrogen-bond donors (Lipinski definition) is 2. The summed E-state index contributed by atoms with van der Waals surface area (Å²) in [6.07, 6.45) is 0.953. The topological polar surface area (TPSA) is 41.3 Å². The molecule has 2 unspecified atom stereocenters. The van der Waals surface area contributed by atoms with E-state index in [0.717, 1.165) is 12.0 Å². The average molecular weight is 290 g/mol. The van der Waals surface area contributed by atoms with Gasteiger partial charge in [0.1, 0.15) is 0 Å². The van der Waals surface area contributed by atoms with Gasteiger partial charge in [-0.1, -0.05) is 36.2 Å². The molecule has 3 N–H and O–H groups in total. The molecule has 0 saturated heterocycles. The zero-order valence-electron chi connectivity index (χ0n) is 11.3. The Morgan fingerprint density at radius 1 is 1.33 bits per heavy atom. The van der Waals surface area contributed by atoms with E-state index >= 15 is 0 Å². The third-order valence-electron chi connectivity index (χ3n) is 3.80. The Hall–Kier alpha value is -0.320. The zero-order valence-corrected chi connectivity index (χ0v) is 12.8. The first-order valence-corrected chi connectivity index (χ1v) is 6.71. The van der Waals surface area contributed by atoms with E-state index in [1.165, 1.54) is 0 Å². The van der Waals surface area contributed by atoms with E-state index in [2.05, 4.69) is 24.2 Å². The van der Waals surface area contributed by atoms with Gasteiger partial charge in [-0.2, -0.15) is 0 Å². The Bertz CT molecular complexity index is 409. The van der Waals surface area contributed by atoms with Gasteiger partial charge in [-0.25, -0.2) is 0 Å². The molecule has 1 aromatic carbocycles. The molecule has 0 bridgehead atoms. The Kier molecular flexibility index (Phi) is 5.44. The van der Waals surface area contributed by atoms with Crippen LogP contribution in [0.5, 0.6) is 0 Å². The lowest BCUT2D eigenvalue weighted by molar-refractivity contribution is 0.113. The van der Waals surface area contributed by atoms with Gasteiger partial charge in [-0.15, -0.1) is 0 Å². The van der Waals surface area contributed by atoms with E-state index in [1.807, 2.05) is 26.2 Å². The fourth-order valence-corrected chi connectivity index (χ4v) is 2.41. The van der Waals surface area contributed by atoms with E-state index in [0.29, 0.717) is 10.0 Å². The molecule has 1 aromatic rings. The smallest absolute Gasteiger partial charge is 0.0641 e. The molecule has 3 nitrogen and oxygen atoms in total. The van der Waals surface area contributed by atoms with Gasteiger partial charge in [0.25, 0.3) is 0 Å². The predicted octanol–water partition coefficient (Wildman–Crippen LogP) is 3.23. The molecular formula is C13H21Cl2N3. The fourth-order valence-electron chi connectivity index (χ4n) is 2.11. The summed E-state index contributed by atoms with van der Waals surface area (Å²) in [4.78, 5) is 2.17. The first kappa shape index (κ1) is 15.7. The molecule has 0 aromatic heterocycles. The molecule has 0 spiro atoms. The van der Waals surface area contributed by atoms with Crippen LogP contribution in [-0.2, 0) is 0 Å². The summed E-state index contributed by atoms with van der Waals surface area (Å²) in [6, 6.07) is 5.60. The average Bonchev–Trinajstić information content (AvgIpc) is 2.33. The molecular weight excluding hydrogens is 269 g/mol. The summed E-state index contributed by atoms with van der Waals surface area (Å²) >= 11 is 12.0. The lowest BCUT2D eigenvalue weighted by atomic mass is 9.84. The minimum Gasteiger partial charge on any atom is -0.302 e. The van der Waals surface area contributed by atoms with Gasteiger partial charge in [0.2, 0.25) is 0 Å². The Morgan fingerprint density at radius 3 is 2.33 bits per heavy atom. The fraction of sp³-hybridized carbons (Fsp3) is 0.538. The third-order valence-corrected chi connectivity index (χ3v) is 4.54. The largest absolute Gasteiger partial charge is 0.302 e. The second-order valence-electron chi connectivity index (χ2n) is 4.88. The number of hydrazine groups is 1. The van der Waals surface area contributed by atoms with Crippen molar-refractivity contribution in [2.75, 3.05) is 14.1 Å². The van der Waals surface area contributed by atoms with Gasteiger partial charge in [-0.3, -0.25) is 11.3 Å². The van der Waals surface area contributed by atoms with E-state index < -0.39 is 0 Å². The number of benzene rings is 1. The Balaban J connectivity index is 3.20. The summed E-state index contributed by atoms with van der Waals surface area (Å²) in [5.41, 5.74) is 3.82. The normalized spacial score (nSPS) is 16.7. The van der Waals surface area contributed by atoms with Gasteiger partial charge < -0.3 is 4.90 Å². The molecule has 5 heteroatoms. The van der Waals surface area contributed by atoms with Gasteiger partial charge in [-0.05, 0) is 45.1 Å². The number of likely N-dealkylation sites (N-methyl/N-ethyl adjacent to an activating group) is 1. The minimum atomic E-state index is -0.105. The molecule has 0 amide bonds. The molecule has 0 aliphatic rings. The lowest BCUT2D eigenvalue weighted by Gasteiger charge is -2.42. The second kappa shape index (κ2) is 6.22. The first-order valence-electron chi connectivity index (χ1n) is 5.95. The van der Waals surface area contributed by atoms with Crippen LogP contribution >= 0.6 is 23.2 Å². The molecule has 0 fully saturated rings. The van der Waals surface area contributed by atoms with Crippen LogP contribution < -0.4 is 11.3 Å². The second-order valence-corrected chi connectivity index (χ2v) is 5.69. The molecule has 2 atom stereocenters. The highest BCUT2D eigenvalue weighted by Gasteiger charge is 2.35. The molecule has 1 rings (SSSR count). The van der Waals surface area contributed by atoms with E-state index in [-0.39, 0.29) is 11.6 Å². The standard InChI is InChI=1S/C13H21Cl2N3/c1-5-13(2,18(3)4)12(17-16)9-6-7-10(14)11(15)8-9/h6-8,12,17H,5,16H2,1-4H3. The quantitative estimate of drug-likeness (QED) is 0.646. The molecule has 0 heterocycles. The number of halogens is 2. The molecule has 18 heavy (non-hydrogen) atoms. The summed E-state index contributed by atoms with van der Waals surface area (Å²) in [5, 5.41) is 1.10. The van der Waals surface area contributed by atoms with Gasteiger partial charge >= 0.3 is 0 Å². The highest BCUT2D eigenvalue weighted by atomic mass is 35.5. The van der Waals surface area contributed by atoms with E-state index in [1.54, 1.807) is 6.07 Å². The van der Waals surface area contributed by atoms with Crippen molar-refractivity contribution in [3.8, 4) is 0 Å². The van der Waals surface area contributed by atoms with Gasteiger partial charge in [0.15, 0.2) is 0 Å². The first-order chi connectivity index (χ1) is 8.36. The molecule has 0 saturated carbocycles. The van der Waals surface area contributed by atoms with Crippen molar-refractivity contribution in [3.05, 3.63) is 33.8 Å². The van der Waals surface area contributed by atoms with Crippen molar-refractivity contribution in [1.82, 2.24) is 10.3 Å². The van der Waals surface area contributed by atoms with E-state index in [9.17, 15) is 0 Å². The van der Waals surface area contributed by atoms with E-state index in [4.69, 9.17) is 29.0 Å². The minimum absolute atomic E-state index is 0.0210. The highest BCUT2D eigenvalue weighted by molar-refractivity contribution is 6.42.